The van der Waals surface area contributed by atoms with Crippen LogP contribution in [0, 0.1) is 0 Å². The minimum absolute atomic E-state index is 0.0851. The van der Waals surface area contributed by atoms with Crippen LogP contribution in [-0.2, 0) is 0 Å². The van der Waals surface area contributed by atoms with Gasteiger partial charge in [0.05, 0.1) is 21.9 Å². The molecule has 0 amide bonds. The molecule has 6 aliphatic carbocycles. The van der Waals surface area contributed by atoms with Crippen molar-refractivity contribution in [1.29, 1.82) is 0 Å². The fourth-order valence-electron chi connectivity index (χ4n) is 24.9. The second-order valence-electron chi connectivity index (χ2n) is 37.9. The highest BCUT2D eigenvalue weighted by Crippen LogP contribution is 2.62. The van der Waals surface area contributed by atoms with Crippen LogP contribution in [0.25, 0.3) is 199 Å². The quantitative estimate of drug-likeness (QED) is 0.144. The maximum atomic E-state index is 6.57. The van der Waals surface area contributed by atoms with Gasteiger partial charge in [0, 0.05) is 61.4 Å². The van der Waals surface area contributed by atoms with Crippen LogP contribution in [0.3, 0.4) is 0 Å². The Kier molecular flexibility index (Phi) is 18.3. The fraction of sp³-hybridized carbons (Fsp3) is 0.0219. The molecule has 0 unspecified atom stereocenters. The van der Waals surface area contributed by atoms with Crippen molar-refractivity contribution in [2.75, 3.05) is 0 Å². The molecular weight excluding hydrogens is 1710 g/mol. The summed E-state index contributed by atoms with van der Waals surface area (Å²) in [6.45, 7) is 0. The first kappa shape index (κ1) is 80.1. The summed E-state index contributed by atoms with van der Waals surface area (Å²) in [7, 11) is 0. The highest BCUT2D eigenvalue weighted by molar-refractivity contribution is 6.21. The third kappa shape index (κ3) is 12.4. The van der Waals surface area contributed by atoms with Crippen molar-refractivity contribution in [3.05, 3.63) is 587 Å². The minimum atomic E-state index is 0.0851. The van der Waals surface area contributed by atoms with Crippen LogP contribution in [0.15, 0.2) is 512 Å². The highest BCUT2D eigenvalue weighted by Gasteiger charge is 2.41. The molecule has 0 atom stereocenters. The molecule has 4 aromatic heterocycles. The molecule has 0 saturated heterocycles. The number of allylic oxidation sites excluding steroid dienone is 3. The average molecular weight is 1790 g/mol. The standard InChI is InChI=1S/C47H29NO.C45H29N.C45H28O/c1-5-17-35-31(13-1)32-14-2-6-18-36(32)44(35)43(45-37-19-7-3-15-33(37)34-16-4-8-20-38(34)45)29-25-27-30(28-26-29)48-41-23-11-9-21-39(41)46-40-22-10-12-24-42(40)49-47(46)48;1-5-19-37-31(13-1)32-14-2-6-20-38(32)44(37)43(45-39-21-7-3-15-33(39)34-16-4-8-22-40(34)45)29-25-27-30(28-26-29)46-41-23-11-9-17-35(41)36-18-10-12-24-42(36)46;1-5-16-37-31(11-1)32-12-2-6-17-38(32)44(37)43(45-39-18-7-3-13-33(39)34-14-4-8-19-40(34)45)29-23-21-28(22-24-29)30-25-26-36-35-15-9-10-20-41(35)46-42(36)27-30/h1-28,44H;1-28,44H;1-27,44H. The summed E-state index contributed by atoms with van der Waals surface area (Å²) in [5.74, 6) is 0.307. The van der Waals surface area contributed by atoms with Gasteiger partial charge < -0.3 is 13.4 Å². The lowest BCUT2D eigenvalue weighted by Gasteiger charge is -2.23. The van der Waals surface area contributed by atoms with Crippen molar-refractivity contribution < 1.29 is 8.83 Å². The van der Waals surface area contributed by atoms with Crippen molar-refractivity contribution in [1.82, 2.24) is 9.13 Å². The van der Waals surface area contributed by atoms with E-state index < -0.39 is 0 Å². The molecule has 0 aliphatic heterocycles. The molecule has 0 fully saturated rings. The van der Waals surface area contributed by atoms with Gasteiger partial charge in [-0.25, -0.2) is 0 Å². The van der Waals surface area contributed by atoms with Crippen LogP contribution in [0.5, 0.6) is 0 Å². The third-order valence-electron chi connectivity index (χ3n) is 30.8. The van der Waals surface area contributed by atoms with Crippen LogP contribution in [0.2, 0.25) is 0 Å². The Morgan fingerprint density at radius 3 is 0.773 bits per heavy atom. The summed E-state index contributed by atoms with van der Waals surface area (Å²) in [5, 5.41) is 8.38. The lowest BCUT2D eigenvalue weighted by Crippen LogP contribution is -2.05. The number of para-hydroxylation sites is 5. The van der Waals surface area contributed by atoms with Gasteiger partial charge in [0.2, 0.25) is 5.71 Å². The molecule has 6 aliphatic rings. The maximum Gasteiger partial charge on any atom is 0.213 e. The Balaban J connectivity index is 0.000000101. The smallest absolute Gasteiger partial charge is 0.213 e. The van der Waals surface area contributed by atoms with Crippen LogP contribution in [0.4, 0.5) is 0 Å². The van der Waals surface area contributed by atoms with E-state index in [1.165, 1.54) is 222 Å². The molecule has 0 saturated carbocycles. The summed E-state index contributed by atoms with van der Waals surface area (Å²) in [6, 6.07) is 184. The van der Waals surface area contributed by atoms with Crippen molar-refractivity contribution in [3.8, 4) is 89.3 Å². The predicted octanol–water partition coefficient (Wildman–Crippen LogP) is 35.8. The monoisotopic (exact) mass is 1790 g/mol. The summed E-state index contributed by atoms with van der Waals surface area (Å²) in [4.78, 5) is 0. The number of hydrogen-bond donors (Lipinski definition) is 0. The molecule has 21 aromatic carbocycles. The van der Waals surface area contributed by atoms with Gasteiger partial charge in [-0.15, -0.1) is 0 Å². The molecule has 0 spiro atoms. The summed E-state index contributed by atoms with van der Waals surface area (Å²) < 4.78 is 17.5. The van der Waals surface area contributed by atoms with E-state index in [-0.39, 0.29) is 17.8 Å². The zero-order valence-electron chi connectivity index (χ0n) is 76.9. The zero-order chi connectivity index (χ0) is 92.4. The second-order valence-corrected chi connectivity index (χ2v) is 37.9. The maximum absolute atomic E-state index is 6.57. The number of rotatable bonds is 9. The van der Waals surface area contributed by atoms with Gasteiger partial charge in [-0.1, -0.05) is 437 Å². The van der Waals surface area contributed by atoms with Crippen molar-refractivity contribution >= 4 is 110 Å². The van der Waals surface area contributed by atoms with E-state index in [1.54, 1.807) is 0 Å². The van der Waals surface area contributed by atoms with Crippen LogP contribution in [0.1, 0.15) is 101 Å². The van der Waals surface area contributed by atoms with Crippen LogP contribution >= 0.6 is 0 Å². The molecule has 4 heteroatoms. The Morgan fingerprint density at radius 2 is 0.418 bits per heavy atom. The van der Waals surface area contributed by atoms with E-state index in [0.717, 1.165) is 60.8 Å². The molecule has 0 N–H and O–H groups in total. The molecule has 0 bridgehead atoms. The summed E-state index contributed by atoms with van der Waals surface area (Å²) >= 11 is 0. The largest absolute Gasteiger partial charge is 0.456 e. The highest BCUT2D eigenvalue weighted by atomic mass is 16.3. The number of fused-ring (bicyclic) bond motifs is 29. The van der Waals surface area contributed by atoms with Gasteiger partial charge in [0.15, 0.2) is 0 Å². The minimum Gasteiger partial charge on any atom is -0.456 e. The first-order valence-corrected chi connectivity index (χ1v) is 49.0. The van der Waals surface area contributed by atoms with Crippen molar-refractivity contribution in [2.24, 2.45) is 0 Å². The van der Waals surface area contributed by atoms with Crippen molar-refractivity contribution in [3.63, 3.8) is 0 Å². The molecule has 141 heavy (non-hydrogen) atoms. The van der Waals surface area contributed by atoms with E-state index in [4.69, 9.17) is 8.83 Å². The lowest BCUT2D eigenvalue weighted by molar-refractivity contribution is 0.645. The SMILES string of the molecule is c1ccc2c(c1)C(=C(c1ccc(-c3ccc4c(c3)oc3ccccc34)cc1)C1c3ccccc3-c3ccccc31)c1ccccc1-2.c1ccc2c(c1)C(=C(c1ccc(-n3c4ccccc4c4c5ccccc5oc43)cc1)C1c3ccccc3-c3ccccc31)c1ccccc1-2.c1ccc2c(c1)C(=C(c1ccc(-n3c4ccccc4c4ccccc43)cc1)C1c3ccccc3-c3ccccc31)c1ccccc1-2. The Bertz CT molecular complexity index is 9300. The first-order chi connectivity index (χ1) is 70.0. The molecule has 31 rings (SSSR count). The zero-order valence-corrected chi connectivity index (χ0v) is 76.9. The number of furan rings is 2. The lowest BCUT2D eigenvalue weighted by atomic mass is 9.79. The van der Waals surface area contributed by atoms with E-state index in [9.17, 15) is 0 Å². The van der Waals surface area contributed by atoms with Gasteiger partial charge >= 0.3 is 0 Å². The van der Waals surface area contributed by atoms with Gasteiger partial charge in [-0.2, -0.15) is 0 Å². The predicted molar refractivity (Wildman–Crippen MR) is 585 cm³/mol. The number of benzene rings is 21. The van der Waals surface area contributed by atoms with Gasteiger partial charge in [0.25, 0.3) is 0 Å². The normalized spacial score (nSPS) is 13.1. The van der Waals surface area contributed by atoms with Crippen LogP contribution in [-0.4, -0.2) is 9.13 Å². The first-order valence-electron chi connectivity index (χ1n) is 49.0. The molecule has 656 valence electrons. The average Bonchev–Trinajstić information content (AvgIpc) is 1.57. The molecule has 4 heterocycles. The van der Waals surface area contributed by atoms with Gasteiger partial charge in [-0.05, 0) is 262 Å². The van der Waals surface area contributed by atoms with E-state index >= 15 is 0 Å². The van der Waals surface area contributed by atoms with E-state index in [2.05, 4.69) is 494 Å². The summed E-state index contributed by atoms with van der Waals surface area (Å²) in [6.07, 6.45) is 0. The Hall–Kier alpha value is -18.2. The fourth-order valence-corrected chi connectivity index (χ4v) is 24.9. The number of nitrogens with zero attached hydrogens (tertiary/aromatic N) is 2. The van der Waals surface area contributed by atoms with E-state index in [1.807, 2.05) is 18.2 Å². The molecule has 25 aromatic rings. The molecule has 4 nitrogen and oxygen atoms in total. The van der Waals surface area contributed by atoms with Crippen molar-refractivity contribution in [2.45, 2.75) is 17.8 Å². The third-order valence-corrected chi connectivity index (χ3v) is 30.8. The Labute approximate surface area is 816 Å². The van der Waals surface area contributed by atoms with Crippen LogP contribution < -0.4 is 0 Å². The topological polar surface area (TPSA) is 36.1 Å². The molecule has 0 radical (unpaired) electrons. The summed E-state index contributed by atoms with van der Waals surface area (Å²) in [5.41, 5.74) is 55.4. The number of aromatic nitrogens is 2. The number of hydrogen-bond acceptors (Lipinski definition) is 2. The van der Waals surface area contributed by atoms with Gasteiger partial charge in [-0.3, -0.25) is 4.57 Å². The second kappa shape index (κ2) is 32.2. The molecular formula is C137H86N2O2. The Morgan fingerprint density at radius 1 is 0.170 bits per heavy atom. The van der Waals surface area contributed by atoms with E-state index in [0.29, 0.717) is 0 Å². The van der Waals surface area contributed by atoms with Gasteiger partial charge in [0.1, 0.15) is 16.7 Å².